The predicted octanol–water partition coefficient (Wildman–Crippen LogP) is 0.777. The van der Waals surface area contributed by atoms with Crippen molar-refractivity contribution in [3.8, 4) is 0 Å². The maximum Gasteiger partial charge on any atom is 0.322 e. The van der Waals surface area contributed by atoms with E-state index in [1.165, 1.54) is 0 Å². The van der Waals surface area contributed by atoms with Crippen molar-refractivity contribution < 1.29 is 9.90 Å². The molecule has 1 aliphatic rings. The van der Waals surface area contributed by atoms with Crippen molar-refractivity contribution in [1.29, 1.82) is 0 Å². The Balaban J connectivity index is 1.74. The highest BCUT2D eigenvalue weighted by Crippen LogP contribution is 2.19. The molecule has 0 amide bonds. The van der Waals surface area contributed by atoms with Crippen molar-refractivity contribution in [3.63, 3.8) is 0 Å². The third-order valence-corrected chi connectivity index (χ3v) is 4.36. The van der Waals surface area contributed by atoms with E-state index < -0.39 is 12.0 Å². The Morgan fingerprint density at radius 3 is 2.71 bits per heavy atom. The van der Waals surface area contributed by atoms with Gasteiger partial charge in [0.2, 0.25) is 5.95 Å². The SMILES string of the molecule is CCn1cc(CN2CCN(c3ncccn3)CC2C(=O)O)c(C)n1. The largest absolute Gasteiger partial charge is 0.480 e. The molecule has 3 rings (SSSR count). The summed E-state index contributed by atoms with van der Waals surface area (Å²) in [5.41, 5.74) is 2.03. The number of aliphatic carboxylic acids is 1. The van der Waals surface area contributed by atoms with E-state index in [1.807, 2.05) is 34.5 Å². The molecule has 1 aliphatic heterocycles. The summed E-state index contributed by atoms with van der Waals surface area (Å²) < 4.78 is 1.88. The second-order valence-electron chi connectivity index (χ2n) is 5.91. The Labute approximate surface area is 140 Å². The van der Waals surface area contributed by atoms with Crippen LogP contribution in [0.25, 0.3) is 0 Å². The first-order chi connectivity index (χ1) is 11.6. The minimum Gasteiger partial charge on any atom is -0.480 e. The Hall–Kier alpha value is -2.48. The van der Waals surface area contributed by atoms with Gasteiger partial charge in [0.15, 0.2) is 0 Å². The summed E-state index contributed by atoms with van der Waals surface area (Å²) >= 11 is 0. The summed E-state index contributed by atoms with van der Waals surface area (Å²) in [6.07, 6.45) is 5.35. The lowest BCUT2D eigenvalue weighted by molar-refractivity contribution is -0.143. The summed E-state index contributed by atoms with van der Waals surface area (Å²) in [4.78, 5) is 24.1. The van der Waals surface area contributed by atoms with Crippen LogP contribution in [-0.4, -0.2) is 61.4 Å². The van der Waals surface area contributed by atoms with Crippen LogP contribution in [0.15, 0.2) is 24.7 Å². The standard InChI is InChI=1S/C16H22N6O2/c1-3-22-10-13(12(2)19-22)9-20-7-8-21(11-14(20)15(23)24)16-17-5-4-6-18-16/h4-6,10,14H,3,7-9,11H2,1-2H3,(H,23,24). The average molecular weight is 330 g/mol. The topological polar surface area (TPSA) is 87.4 Å². The van der Waals surface area contributed by atoms with Gasteiger partial charge in [-0.1, -0.05) is 0 Å². The van der Waals surface area contributed by atoms with Crippen LogP contribution in [0.5, 0.6) is 0 Å². The number of carboxylic acid groups (broad SMARTS) is 1. The molecule has 2 aromatic heterocycles. The van der Waals surface area contributed by atoms with E-state index in [4.69, 9.17) is 0 Å². The highest BCUT2D eigenvalue weighted by Gasteiger charge is 2.33. The second-order valence-corrected chi connectivity index (χ2v) is 5.91. The summed E-state index contributed by atoms with van der Waals surface area (Å²) in [6, 6.07) is 1.16. The maximum atomic E-state index is 11.7. The van der Waals surface area contributed by atoms with Crippen LogP contribution in [0.1, 0.15) is 18.2 Å². The van der Waals surface area contributed by atoms with Gasteiger partial charge in [0.25, 0.3) is 0 Å². The van der Waals surface area contributed by atoms with E-state index in [1.54, 1.807) is 18.5 Å². The Kier molecular flexibility index (Phi) is 4.75. The first kappa shape index (κ1) is 16.4. The normalized spacial score (nSPS) is 18.8. The van der Waals surface area contributed by atoms with Gasteiger partial charge in [0, 0.05) is 56.9 Å². The second kappa shape index (κ2) is 6.96. The lowest BCUT2D eigenvalue weighted by atomic mass is 10.1. The third-order valence-electron chi connectivity index (χ3n) is 4.36. The maximum absolute atomic E-state index is 11.7. The van der Waals surface area contributed by atoms with Gasteiger partial charge in [-0.2, -0.15) is 5.10 Å². The van der Waals surface area contributed by atoms with Crippen molar-refractivity contribution >= 4 is 11.9 Å². The molecule has 1 saturated heterocycles. The number of anilines is 1. The molecular weight excluding hydrogens is 308 g/mol. The Morgan fingerprint density at radius 1 is 1.33 bits per heavy atom. The van der Waals surface area contributed by atoms with Crippen LogP contribution in [0.3, 0.4) is 0 Å². The van der Waals surface area contributed by atoms with E-state index in [2.05, 4.69) is 15.1 Å². The van der Waals surface area contributed by atoms with Gasteiger partial charge >= 0.3 is 5.97 Å². The number of rotatable bonds is 5. The Bertz CT molecular complexity index is 702. The third kappa shape index (κ3) is 3.38. The number of carboxylic acids is 1. The lowest BCUT2D eigenvalue weighted by Gasteiger charge is -2.39. The van der Waals surface area contributed by atoms with E-state index >= 15 is 0 Å². The van der Waals surface area contributed by atoms with Gasteiger partial charge in [-0.3, -0.25) is 14.4 Å². The van der Waals surface area contributed by atoms with Crippen LogP contribution in [0.2, 0.25) is 0 Å². The molecule has 1 N–H and O–H groups in total. The molecule has 0 aromatic carbocycles. The molecule has 1 unspecified atom stereocenters. The van der Waals surface area contributed by atoms with Crippen molar-refractivity contribution in [2.75, 3.05) is 24.5 Å². The quantitative estimate of drug-likeness (QED) is 0.866. The molecule has 0 spiro atoms. The van der Waals surface area contributed by atoms with Crippen LogP contribution in [-0.2, 0) is 17.9 Å². The molecule has 2 aromatic rings. The molecule has 8 heteroatoms. The van der Waals surface area contributed by atoms with Gasteiger partial charge in [-0.25, -0.2) is 9.97 Å². The molecule has 8 nitrogen and oxygen atoms in total. The van der Waals surface area contributed by atoms with Crippen LogP contribution >= 0.6 is 0 Å². The van der Waals surface area contributed by atoms with E-state index in [0.717, 1.165) is 17.8 Å². The summed E-state index contributed by atoms with van der Waals surface area (Å²) in [7, 11) is 0. The number of aromatic nitrogens is 4. The number of carbonyl (C=O) groups is 1. The van der Waals surface area contributed by atoms with Gasteiger partial charge in [0.05, 0.1) is 5.69 Å². The first-order valence-corrected chi connectivity index (χ1v) is 8.10. The van der Waals surface area contributed by atoms with Crippen molar-refractivity contribution in [2.45, 2.75) is 33.0 Å². The lowest BCUT2D eigenvalue weighted by Crippen LogP contribution is -2.56. The number of nitrogens with zero attached hydrogens (tertiary/aromatic N) is 6. The fourth-order valence-electron chi connectivity index (χ4n) is 2.98. The minimum absolute atomic E-state index is 0.375. The number of piperazine rings is 1. The van der Waals surface area contributed by atoms with Crippen molar-refractivity contribution in [3.05, 3.63) is 35.9 Å². The fraction of sp³-hybridized carbons (Fsp3) is 0.500. The van der Waals surface area contributed by atoms with E-state index in [-0.39, 0.29) is 0 Å². The summed E-state index contributed by atoms with van der Waals surface area (Å²) in [5, 5.41) is 14.1. The van der Waals surface area contributed by atoms with Gasteiger partial charge < -0.3 is 10.0 Å². The molecule has 1 fully saturated rings. The summed E-state index contributed by atoms with van der Waals surface area (Å²) in [6.45, 7) is 7.12. The highest BCUT2D eigenvalue weighted by atomic mass is 16.4. The van der Waals surface area contributed by atoms with Crippen molar-refractivity contribution in [2.24, 2.45) is 0 Å². The minimum atomic E-state index is -0.823. The predicted molar refractivity (Wildman–Crippen MR) is 88.7 cm³/mol. The number of aryl methyl sites for hydroxylation is 2. The molecule has 3 heterocycles. The van der Waals surface area contributed by atoms with Gasteiger partial charge in [-0.15, -0.1) is 0 Å². The average Bonchev–Trinajstić information content (AvgIpc) is 2.96. The highest BCUT2D eigenvalue weighted by molar-refractivity contribution is 5.74. The van der Waals surface area contributed by atoms with E-state index in [0.29, 0.717) is 32.1 Å². The zero-order chi connectivity index (χ0) is 17.1. The molecule has 0 saturated carbocycles. The molecule has 1 atom stereocenters. The van der Waals surface area contributed by atoms with Crippen molar-refractivity contribution in [1.82, 2.24) is 24.6 Å². The summed E-state index contributed by atoms with van der Waals surface area (Å²) in [5.74, 6) is -0.241. The smallest absolute Gasteiger partial charge is 0.322 e. The van der Waals surface area contributed by atoms with Gasteiger partial charge in [0.1, 0.15) is 6.04 Å². The van der Waals surface area contributed by atoms with Crippen LogP contribution in [0, 0.1) is 6.92 Å². The monoisotopic (exact) mass is 330 g/mol. The van der Waals surface area contributed by atoms with Crippen LogP contribution in [0.4, 0.5) is 5.95 Å². The fourth-order valence-corrected chi connectivity index (χ4v) is 2.98. The molecule has 0 bridgehead atoms. The Morgan fingerprint density at radius 2 is 2.08 bits per heavy atom. The zero-order valence-corrected chi connectivity index (χ0v) is 14.0. The van der Waals surface area contributed by atoms with Gasteiger partial charge in [-0.05, 0) is 19.9 Å². The number of hydrogen-bond acceptors (Lipinski definition) is 6. The molecule has 0 radical (unpaired) electrons. The van der Waals surface area contributed by atoms with Crippen LogP contribution < -0.4 is 4.90 Å². The van der Waals surface area contributed by atoms with E-state index in [9.17, 15) is 9.90 Å². The number of hydrogen-bond donors (Lipinski definition) is 1. The zero-order valence-electron chi connectivity index (χ0n) is 14.0. The molecule has 0 aliphatic carbocycles. The first-order valence-electron chi connectivity index (χ1n) is 8.10. The molecule has 24 heavy (non-hydrogen) atoms. The molecule has 128 valence electrons. The molecular formula is C16H22N6O2.